The Morgan fingerprint density at radius 1 is 1.21 bits per heavy atom. The Balaban J connectivity index is 2.17. The van der Waals surface area contributed by atoms with Gasteiger partial charge in [-0.3, -0.25) is 29.4 Å². The number of carbonyl (C=O) groups excluding carboxylic acids is 3. The van der Waals surface area contributed by atoms with Crippen LogP contribution >= 0.6 is 0 Å². The van der Waals surface area contributed by atoms with Crippen molar-refractivity contribution in [2.75, 3.05) is 13.2 Å². The molecule has 0 N–H and O–H groups in total. The van der Waals surface area contributed by atoms with Gasteiger partial charge in [0.25, 0.3) is 17.5 Å². The number of rotatable bonds is 4. The first-order valence-electron chi connectivity index (χ1n) is 7.17. The summed E-state index contributed by atoms with van der Waals surface area (Å²) in [4.78, 5) is 48.0. The number of nitro benzene ring substituents is 1. The molecule has 2 amide bonds. The van der Waals surface area contributed by atoms with Gasteiger partial charge >= 0.3 is 5.97 Å². The van der Waals surface area contributed by atoms with E-state index in [-0.39, 0.29) is 23.4 Å². The second-order valence-electron chi connectivity index (χ2n) is 5.16. The first kappa shape index (κ1) is 15.6. The van der Waals surface area contributed by atoms with E-state index in [1.165, 1.54) is 12.1 Å². The van der Waals surface area contributed by atoms with Gasteiger partial charge in [0.15, 0.2) is 0 Å². The number of amides is 2. The molecule has 0 unspecified atom stereocenters. The maximum absolute atomic E-state index is 12.6. The maximum Gasteiger partial charge on any atom is 0.326 e. The summed E-state index contributed by atoms with van der Waals surface area (Å²) in [6, 6.07) is 7.12. The zero-order valence-corrected chi connectivity index (χ0v) is 12.6. The monoisotopic (exact) mass is 328 g/mol. The molecule has 0 radical (unpaired) electrons. The normalized spacial score (nSPS) is 13.3. The number of esters is 1. The molecule has 24 heavy (non-hydrogen) atoms. The molecule has 0 fully saturated rings. The van der Waals surface area contributed by atoms with Gasteiger partial charge < -0.3 is 4.74 Å². The van der Waals surface area contributed by atoms with Crippen molar-refractivity contribution in [1.82, 2.24) is 4.90 Å². The third-order valence-corrected chi connectivity index (χ3v) is 3.72. The van der Waals surface area contributed by atoms with Crippen LogP contribution in [0.25, 0.3) is 10.8 Å². The number of nitrogens with zero attached hydrogens (tertiary/aromatic N) is 2. The van der Waals surface area contributed by atoms with E-state index in [9.17, 15) is 24.5 Å². The van der Waals surface area contributed by atoms with Crippen molar-refractivity contribution >= 4 is 34.2 Å². The van der Waals surface area contributed by atoms with E-state index in [0.717, 1.165) is 11.0 Å². The van der Waals surface area contributed by atoms with Crippen LogP contribution in [0.2, 0.25) is 0 Å². The third kappa shape index (κ3) is 2.37. The van der Waals surface area contributed by atoms with Crippen molar-refractivity contribution in [3.63, 3.8) is 0 Å². The van der Waals surface area contributed by atoms with Gasteiger partial charge in [0, 0.05) is 23.1 Å². The minimum atomic E-state index is -0.750. The molecule has 122 valence electrons. The van der Waals surface area contributed by atoms with Gasteiger partial charge in [-0.15, -0.1) is 0 Å². The molecule has 2 aromatic rings. The average molecular weight is 328 g/mol. The van der Waals surface area contributed by atoms with Crippen molar-refractivity contribution in [2.24, 2.45) is 0 Å². The molecule has 0 atom stereocenters. The molecule has 8 heteroatoms. The van der Waals surface area contributed by atoms with E-state index >= 15 is 0 Å². The average Bonchev–Trinajstić information content (AvgIpc) is 2.56. The Morgan fingerprint density at radius 3 is 2.58 bits per heavy atom. The number of non-ortho nitro benzene ring substituents is 1. The number of hydrogen-bond acceptors (Lipinski definition) is 6. The third-order valence-electron chi connectivity index (χ3n) is 3.72. The molecular weight excluding hydrogens is 316 g/mol. The van der Waals surface area contributed by atoms with E-state index in [2.05, 4.69) is 0 Å². The maximum atomic E-state index is 12.6. The predicted molar refractivity (Wildman–Crippen MR) is 82.6 cm³/mol. The number of carbonyl (C=O) groups is 3. The second kappa shape index (κ2) is 5.73. The van der Waals surface area contributed by atoms with Crippen molar-refractivity contribution in [3.05, 3.63) is 51.6 Å². The summed E-state index contributed by atoms with van der Waals surface area (Å²) in [5.41, 5.74) is -0.00608. The van der Waals surface area contributed by atoms with Gasteiger partial charge in [-0.05, 0) is 18.4 Å². The van der Waals surface area contributed by atoms with E-state index in [0.29, 0.717) is 10.8 Å². The quantitative estimate of drug-likeness (QED) is 0.367. The molecule has 8 nitrogen and oxygen atoms in total. The van der Waals surface area contributed by atoms with Gasteiger partial charge in [-0.25, -0.2) is 0 Å². The number of nitro groups is 1. The standard InChI is InChI=1S/C16H12N2O6/c1-2-24-13(19)8-17-15(20)11-5-3-4-9-6-10(18(22)23)7-12(14(9)11)16(17)21/h3-7H,2,8H2,1H3. The molecule has 0 bridgehead atoms. The van der Waals surface area contributed by atoms with Crippen LogP contribution in [0.4, 0.5) is 5.69 Å². The Labute approximate surface area is 135 Å². The zero-order valence-electron chi connectivity index (χ0n) is 12.6. The summed E-state index contributed by atoms with van der Waals surface area (Å²) < 4.78 is 4.77. The largest absolute Gasteiger partial charge is 0.465 e. The highest BCUT2D eigenvalue weighted by Gasteiger charge is 2.35. The molecule has 3 rings (SSSR count). The Bertz CT molecular complexity index is 905. The first-order chi connectivity index (χ1) is 11.4. The van der Waals surface area contributed by atoms with Crippen LogP contribution in [0.3, 0.4) is 0 Å². The summed E-state index contributed by atoms with van der Waals surface area (Å²) >= 11 is 0. The summed E-state index contributed by atoms with van der Waals surface area (Å²) in [6.07, 6.45) is 0. The van der Waals surface area contributed by atoms with Gasteiger partial charge in [-0.2, -0.15) is 0 Å². The molecule has 0 saturated carbocycles. The summed E-state index contributed by atoms with van der Waals surface area (Å²) in [7, 11) is 0. The zero-order chi connectivity index (χ0) is 17.4. The van der Waals surface area contributed by atoms with E-state index < -0.39 is 29.3 Å². The highest BCUT2D eigenvalue weighted by molar-refractivity contribution is 6.26. The number of imide groups is 1. The van der Waals surface area contributed by atoms with Gasteiger partial charge in [0.2, 0.25) is 0 Å². The molecule has 2 aromatic carbocycles. The van der Waals surface area contributed by atoms with Crippen molar-refractivity contribution in [1.29, 1.82) is 0 Å². The fourth-order valence-electron chi connectivity index (χ4n) is 2.73. The highest BCUT2D eigenvalue weighted by Crippen LogP contribution is 2.33. The SMILES string of the molecule is CCOC(=O)CN1C(=O)c2cccc3cc([N+](=O)[O-])cc(c23)C1=O. The van der Waals surface area contributed by atoms with Crippen LogP contribution in [-0.4, -0.2) is 40.8 Å². The highest BCUT2D eigenvalue weighted by atomic mass is 16.6. The van der Waals surface area contributed by atoms with Crippen LogP contribution < -0.4 is 0 Å². The lowest BCUT2D eigenvalue weighted by Gasteiger charge is -2.26. The fourth-order valence-corrected chi connectivity index (χ4v) is 2.73. The van der Waals surface area contributed by atoms with Crippen molar-refractivity contribution in [2.45, 2.75) is 6.92 Å². The van der Waals surface area contributed by atoms with Crippen molar-refractivity contribution < 1.29 is 24.0 Å². The molecule has 0 aromatic heterocycles. The molecule has 1 aliphatic rings. The van der Waals surface area contributed by atoms with Crippen LogP contribution in [0.1, 0.15) is 27.6 Å². The number of hydrogen-bond donors (Lipinski definition) is 0. The summed E-state index contributed by atoms with van der Waals surface area (Å²) in [5.74, 6) is -2.10. The van der Waals surface area contributed by atoms with E-state index in [4.69, 9.17) is 4.74 Å². The summed E-state index contributed by atoms with van der Waals surface area (Å²) in [6.45, 7) is 1.19. The molecule has 1 aliphatic heterocycles. The van der Waals surface area contributed by atoms with Crippen LogP contribution in [0, 0.1) is 10.1 Å². The lowest BCUT2D eigenvalue weighted by molar-refractivity contribution is -0.384. The lowest BCUT2D eigenvalue weighted by atomic mass is 9.93. The Morgan fingerprint density at radius 2 is 1.92 bits per heavy atom. The van der Waals surface area contributed by atoms with Crippen LogP contribution in [-0.2, 0) is 9.53 Å². The molecule has 0 spiro atoms. The van der Waals surface area contributed by atoms with Gasteiger partial charge in [0.05, 0.1) is 17.1 Å². The molecule has 0 aliphatic carbocycles. The summed E-state index contributed by atoms with van der Waals surface area (Å²) in [5, 5.41) is 11.9. The number of benzene rings is 2. The van der Waals surface area contributed by atoms with Crippen molar-refractivity contribution in [3.8, 4) is 0 Å². The minimum absolute atomic E-state index is 0.0266. The molecular formula is C16H12N2O6. The fraction of sp³-hybridized carbons (Fsp3) is 0.188. The van der Waals surface area contributed by atoms with Gasteiger partial charge in [0.1, 0.15) is 6.54 Å². The predicted octanol–water partition coefficient (Wildman–Crippen LogP) is 1.91. The molecule has 1 heterocycles. The second-order valence-corrected chi connectivity index (χ2v) is 5.16. The Kier molecular flexibility index (Phi) is 3.72. The minimum Gasteiger partial charge on any atom is -0.465 e. The molecule has 0 saturated heterocycles. The van der Waals surface area contributed by atoms with Crippen LogP contribution in [0.15, 0.2) is 30.3 Å². The topological polar surface area (TPSA) is 107 Å². The Hall–Kier alpha value is -3.29. The number of ether oxygens (including phenoxy) is 1. The smallest absolute Gasteiger partial charge is 0.326 e. The van der Waals surface area contributed by atoms with E-state index in [1.807, 2.05) is 0 Å². The lowest BCUT2D eigenvalue weighted by Crippen LogP contribution is -2.43. The van der Waals surface area contributed by atoms with E-state index in [1.54, 1.807) is 19.1 Å². The van der Waals surface area contributed by atoms with Gasteiger partial charge in [-0.1, -0.05) is 12.1 Å². The van der Waals surface area contributed by atoms with Crippen LogP contribution in [0.5, 0.6) is 0 Å². The first-order valence-corrected chi connectivity index (χ1v) is 7.17.